The molecule has 0 bridgehead atoms. The van der Waals surface area contributed by atoms with Crippen molar-refractivity contribution < 1.29 is 14.3 Å². The van der Waals surface area contributed by atoms with Gasteiger partial charge in [0, 0.05) is 12.2 Å². The molecule has 0 radical (unpaired) electrons. The number of nitrogens with zero attached hydrogens (tertiary/aromatic N) is 1. The highest BCUT2D eigenvalue weighted by atomic mass is 16.5. The fraction of sp³-hybridized carbons (Fsp3) is 0.533. The Balaban J connectivity index is 1.81. The van der Waals surface area contributed by atoms with Crippen LogP contribution in [-0.4, -0.2) is 42.7 Å². The minimum atomic E-state index is -0.240. The van der Waals surface area contributed by atoms with Crippen molar-refractivity contribution in [3.63, 3.8) is 0 Å². The van der Waals surface area contributed by atoms with Gasteiger partial charge in [-0.15, -0.1) is 0 Å². The quantitative estimate of drug-likeness (QED) is 0.851. The van der Waals surface area contributed by atoms with Crippen molar-refractivity contribution >= 4 is 11.6 Å². The molecular weight excluding hydrogens is 256 g/mol. The third-order valence-electron chi connectivity index (χ3n) is 3.41. The molecule has 0 aromatic heterocycles. The minimum absolute atomic E-state index is 0.105. The number of hydrogen-bond donors (Lipinski definition) is 1. The summed E-state index contributed by atoms with van der Waals surface area (Å²) < 4.78 is 11.0. The van der Waals surface area contributed by atoms with E-state index >= 15 is 0 Å². The number of nitrogen functional groups attached to an aromatic ring is 1. The summed E-state index contributed by atoms with van der Waals surface area (Å²) >= 11 is 0. The Labute approximate surface area is 119 Å². The molecule has 2 N–H and O–H groups in total. The van der Waals surface area contributed by atoms with E-state index in [0.29, 0.717) is 38.5 Å². The van der Waals surface area contributed by atoms with Gasteiger partial charge in [-0.1, -0.05) is 0 Å². The van der Waals surface area contributed by atoms with Gasteiger partial charge in [-0.05, 0) is 38.1 Å². The zero-order valence-electron chi connectivity index (χ0n) is 12.1. The number of benzene rings is 1. The number of anilines is 1. The van der Waals surface area contributed by atoms with Crippen molar-refractivity contribution in [1.82, 2.24) is 4.90 Å². The maximum absolute atomic E-state index is 12.2. The maximum atomic E-state index is 12.2. The van der Waals surface area contributed by atoms with Gasteiger partial charge in [-0.2, -0.15) is 0 Å². The topological polar surface area (TPSA) is 64.8 Å². The van der Waals surface area contributed by atoms with Crippen LogP contribution in [-0.2, 0) is 9.53 Å². The van der Waals surface area contributed by atoms with Crippen LogP contribution in [0.4, 0.5) is 5.69 Å². The van der Waals surface area contributed by atoms with Crippen molar-refractivity contribution in [2.45, 2.75) is 25.8 Å². The van der Waals surface area contributed by atoms with Crippen LogP contribution in [0.15, 0.2) is 24.3 Å². The number of amides is 1. The molecule has 1 aromatic rings. The lowest BCUT2D eigenvalue weighted by Gasteiger charge is -2.42. The summed E-state index contributed by atoms with van der Waals surface area (Å²) in [6.45, 7) is 6.24. The van der Waals surface area contributed by atoms with Crippen LogP contribution in [0.5, 0.6) is 5.75 Å². The SMILES string of the molecule is CC1(C)COCCN1C(=O)CCOc1ccc(N)cc1. The monoisotopic (exact) mass is 278 g/mol. The lowest BCUT2D eigenvalue weighted by Crippen LogP contribution is -2.55. The first-order valence-corrected chi connectivity index (χ1v) is 6.85. The molecule has 0 atom stereocenters. The lowest BCUT2D eigenvalue weighted by atomic mass is 10.0. The van der Waals surface area contributed by atoms with Crippen LogP contribution in [0.2, 0.25) is 0 Å². The first-order chi connectivity index (χ1) is 9.49. The van der Waals surface area contributed by atoms with Crippen LogP contribution in [0.25, 0.3) is 0 Å². The molecule has 1 saturated heterocycles. The number of carbonyl (C=O) groups is 1. The molecule has 0 saturated carbocycles. The van der Waals surface area contributed by atoms with Gasteiger partial charge in [-0.25, -0.2) is 0 Å². The van der Waals surface area contributed by atoms with Crippen molar-refractivity contribution in [3.05, 3.63) is 24.3 Å². The molecule has 20 heavy (non-hydrogen) atoms. The third kappa shape index (κ3) is 3.63. The normalized spacial score (nSPS) is 17.8. The van der Waals surface area contributed by atoms with Crippen molar-refractivity contribution in [2.24, 2.45) is 0 Å². The van der Waals surface area contributed by atoms with Gasteiger partial charge in [0.15, 0.2) is 0 Å². The molecule has 1 fully saturated rings. The largest absolute Gasteiger partial charge is 0.493 e. The molecule has 1 amide bonds. The zero-order valence-corrected chi connectivity index (χ0v) is 12.1. The maximum Gasteiger partial charge on any atom is 0.226 e. The first-order valence-electron chi connectivity index (χ1n) is 6.85. The molecule has 0 unspecified atom stereocenters. The summed E-state index contributed by atoms with van der Waals surface area (Å²) in [6.07, 6.45) is 0.369. The number of nitrogens with two attached hydrogens (primary N) is 1. The third-order valence-corrected chi connectivity index (χ3v) is 3.41. The van der Waals surface area contributed by atoms with E-state index in [2.05, 4.69) is 0 Å². The summed E-state index contributed by atoms with van der Waals surface area (Å²) in [6, 6.07) is 7.17. The highest BCUT2D eigenvalue weighted by Gasteiger charge is 2.33. The van der Waals surface area contributed by atoms with E-state index in [1.165, 1.54) is 0 Å². The lowest BCUT2D eigenvalue weighted by molar-refractivity contribution is -0.146. The number of ether oxygens (including phenoxy) is 2. The molecular formula is C15H22N2O3. The molecule has 1 aliphatic heterocycles. The van der Waals surface area contributed by atoms with E-state index in [9.17, 15) is 4.79 Å². The van der Waals surface area contributed by atoms with Crippen LogP contribution in [0.1, 0.15) is 20.3 Å². The van der Waals surface area contributed by atoms with E-state index in [1.54, 1.807) is 24.3 Å². The van der Waals surface area contributed by atoms with Gasteiger partial charge < -0.3 is 20.1 Å². The average molecular weight is 278 g/mol. The first kappa shape index (κ1) is 14.7. The van der Waals surface area contributed by atoms with Gasteiger partial charge in [0.2, 0.25) is 5.91 Å². The molecule has 0 aliphatic carbocycles. The van der Waals surface area contributed by atoms with E-state index < -0.39 is 0 Å². The standard InChI is InChI=1S/C15H22N2O3/c1-15(2)11-19-10-8-17(15)14(18)7-9-20-13-5-3-12(16)4-6-13/h3-6H,7-11,16H2,1-2H3. The molecule has 110 valence electrons. The molecule has 1 aromatic carbocycles. The molecule has 0 spiro atoms. The summed E-state index contributed by atoms with van der Waals surface area (Å²) in [4.78, 5) is 14.1. The summed E-state index contributed by atoms with van der Waals surface area (Å²) in [5.74, 6) is 0.835. The van der Waals surface area contributed by atoms with Crippen LogP contribution < -0.4 is 10.5 Å². The van der Waals surface area contributed by atoms with E-state index in [0.717, 1.165) is 5.75 Å². The smallest absolute Gasteiger partial charge is 0.226 e. The number of morpholine rings is 1. The van der Waals surface area contributed by atoms with E-state index in [-0.39, 0.29) is 11.4 Å². The Kier molecular flexibility index (Phi) is 4.49. The zero-order chi connectivity index (χ0) is 14.6. The number of carbonyl (C=O) groups excluding carboxylic acids is 1. The molecule has 5 nitrogen and oxygen atoms in total. The average Bonchev–Trinajstić information content (AvgIpc) is 2.40. The second kappa shape index (κ2) is 6.13. The summed E-state index contributed by atoms with van der Waals surface area (Å²) in [5.41, 5.74) is 6.06. The molecule has 5 heteroatoms. The van der Waals surface area contributed by atoms with Crippen LogP contribution >= 0.6 is 0 Å². The van der Waals surface area contributed by atoms with Gasteiger partial charge in [0.05, 0.1) is 31.8 Å². The molecule has 2 rings (SSSR count). The second-order valence-corrected chi connectivity index (χ2v) is 5.58. The number of hydrogen-bond acceptors (Lipinski definition) is 4. The predicted octanol–water partition coefficient (Wildman–Crippen LogP) is 1.68. The Bertz CT molecular complexity index is 457. The fourth-order valence-electron chi connectivity index (χ4n) is 2.28. The van der Waals surface area contributed by atoms with E-state index in [1.807, 2.05) is 18.7 Å². The highest BCUT2D eigenvalue weighted by Crippen LogP contribution is 2.20. The Hall–Kier alpha value is -1.75. The summed E-state index contributed by atoms with van der Waals surface area (Å²) in [7, 11) is 0. The Morgan fingerprint density at radius 1 is 1.40 bits per heavy atom. The number of rotatable bonds is 4. The van der Waals surface area contributed by atoms with Gasteiger partial charge in [0.25, 0.3) is 0 Å². The fourth-order valence-corrected chi connectivity index (χ4v) is 2.28. The van der Waals surface area contributed by atoms with Gasteiger partial charge >= 0.3 is 0 Å². The van der Waals surface area contributed by atoms with Gasteiger partial charge in [0.1, 0.15) is 5.75 Å². The Morgan fingerprint density at radius 2 is 2.10 bits per heavy atom. The van der Waals surface area contributed by atoms with Crippen molar-refractivity contribution in [2.75, 3.05) is 32.1 Å². The Morgan fingerprint density at radius 3 is 2.75 bits per heavy atom. The van der Waals surface area contributed by atoms with Crippen molar-refractivity contribution in [1.29, 1.82) is 0 Å². The van der Waals surface area contributed by atoms with Crippen LogP contribution in [0, 0.1) is 0 Å². The predicted molar refractivity (Wildman–Crippen MR) is 77.6 cm³/mol. The van der Waals surface area contributed by atoms with E-state index in [4.69, 9.17) is 15.2 Å². The molecule has 1 heterocycles. The highest BCUT2D eigenvalue weighted by molar-refractivity contribution is 5.77. The minimum Gasteiger partial charge on any atom is -0.493 e. The summed E-state index contributed by atoms with van der Waals surface area (Å²) in [5, 5.41) is 0. The molecule has 1 aliphatic rings. The van der Waals surface area contributed by atoms with Crippen molar-refractivity contribution in [3.8, 4) is 5.75 Å². The second-order valence-electron chi connectivity index (χ2n) is 5.58. The van der Waals surface area contributed by atoms with Crippen LogP contribution in [0.3, 0.4) is 0 Å². The van der Waals surface area contributed by atoms with Gasteiger partial charge in [-0.3, -0.25) is 4.79 Å².